The smallest absolute Gasteiger partial charge is 0.336 e. The summed E-state index contributed by atoms with van der Waals surface area (Å²) in [5, 5.41) is 3.20. The first-order valence-corrected chi connectivity index (χ1v) is 10.6. The van der Waals surface area contributed by atoms with Crippen LogP contribution in [0.1, 0.15) is 24.1 Å². The average molecular weight is 444 g/mol. The number of methoxy groups -OCH3 is 1. The topological polar surface area (TPSA) is 82.3 Å². The molecule has 0 saturated heterocycles. The van der Waals surface area contributed by atoms with Crippen LogP contribution in [-0.4, -0.2) is 22.2 Å². The Morgan fingerprint density at radius 2 is 1.64 bits per heavy atom. The number of aromatic nitrogens is 2. The number of carbonyl (C=O) groups is 1. The van der Waals surface area contributed by atoms with E-state index in [0.29, 0.717) is 28.0 Å². The predicted octanol–water partition coefficient (Wildman–Crippen LogP) is 3.98. The molecule has 0 fully saturated rings. The van der Waals surface area contributed by atoms with Crippen molar-refractivity contribution in [3.05, 3.63) is 98.7 Å². The summed E-state index contributed by atoms with van der Waals surface area (Å²) < 4.78 is 7.68. The highest BCUT2D eigenvalue weighted by Gasteiger charge is 2.23. The summed E-state index contributed by atoms with van der Waals surface area (Å²) in [6, 6.07) is 18.4. The molecule has 0 saturated carbocycles. The third-order valence-electron chi connectivity index (χ3n) is 5.94. The van der Waals surface area contributed by atoms with E-state index < -0.39 is 17.3 Å². The van der Waals surface area contributed by atoms with Gasteiger partial charge in [-0.15, -0.1) is 0 Å². The standard InChI is InChI=1S/C26H25N3O4/c1-16-8-7-11-22(17(16)2)29-25(31)21-9-5-6-10-23(21)28(26(29)32)18(3)24(30)27-19-12-14-20(33-4)15-13-19/h5-15,18H,1-4H3,(H,27,30). The zero-order valence-electron chi connectivity index (χ0n) is 19.0. The third-order valence-corrected chi connectivity index (χ3v) is 5.94. The van der Waals surface area contributed by atoms with Gasteiger partial charge in [0.15, 0.2) is 0 Å². The van der Waals surface area contributed by atoms with Crippen molar-refractivity contribution in [3.8, 4) is 11.4 Å². The molecule has 0 aliphatic heterocycles. The molecule has 4 rings (SSSR count). The minimum atomic E-state index is -0.874. The van der Waals surface area contributed by atoms with E-state index in [4.69, 9.17) is 4.74 Å². The molecule has 7 nitrogen and oxygen atoms in total. The van der Waals surface area contributed by atoms with Gasteiger partial charge in [-0.05, 0) is 74.4 Å². The molecule has 1 N–H and O–H groups in total. The molecule has 1 unspecified atom stereocenters. The Kier molecular flexibility index (Phi) is 5.87. The summed E-state index contributed by atoms with van der Waals surface area (Å²) in [4.78, 5) is 40.2. The maximum absolute atomic E-state index is 13.7. The first-order chi connectivity index (χ1) is 15.8. The third kappa shape index (κ3) is 3.93. The minimum Gasteiger partial charge on any atom is -0.497 e. The number of amides is 1. The van der Waals surface area contributed by atoms with Crippen LogP contribution in [0.15, 0.2) is 76.3 Å². The highest BCUT2D eigenvalue weighted by Crippen LogP contribution is 2.20. The van der Waals surface area contributed by atoms with E-state index in [1.807, 2.05) is 26.0 Å². The van der Waals surface area contributed by atoms with Crippen molar-refractivity contribution < 1.29 is 9.53 Å². The summed E-state index contributed by atoms with van der Waals surface area (Å²) in [5.41, 5.74) is 2.30. The maximum atomic E-state index is 13.7. The number of ether oxygens (including phenoxy) is 1. The fourth-order valence-electron chi connectivity index (χ4n) is 3.89. The van der Waals surface area contributed by atoms with Crippen molar-refractivity contribution in [2.75, 3.05) is 12.4 Å². The molecule has 7 heteroatoms. The van der Waals surface area contributed by atoms with Crippen molar-refractivity contribution >= 4 is 22.5 Å². The van der Waals surface area contributed by atoms with Crippen LogP contribution in [0.3, 0.4) is 0 Å². The van der Waals surface area contributed by atoms with E-state index in [2.05, 4.69) is 5.32 Å². The number of rotatable bonds is 5. The fourth-order valence-corrected chi connectivity index (χ4v) is 3.89. The van der Waals surface area contributed by atoms with Gasteiger partial charge in [0, 0.05) is 5.69 Å². The summed E-state index contributed by atoms with van der Waals surface area (Å²) >= 11 is 0. The van der Waals surface area contributed by atoms with Gasteiger partial charge in [-0.25, -0.2) is 9.36 Å². The van der Waals surface area contributed by atoms with Gasteiger partial charge in [0.2, 0.25) is 5.91 Å². The molecule has 3 aromatic carbocycles. The van der Waals surface area contributed by atoms with Gasteiger partial charge in [0.1, 0.15) is 11.8 Å². The Morgan fingerprint density at radius 1 is 0.939 bits per heavy atom. The van der Waals surface area contributed by atoms with Crippen LogP contribution < -0.4 is 21.3 Å². The molecule has 0 bridgehead atoms. The molecule has 1 atom stereocenters. The van der Waals surface area contributed by atoms with Gasteiger partial charge >= 0.3 is 5.69 Å². The number of para-hydroxylation sites is 1. The maximum Gasteiger partial charge on any atom is 0.336 e. The van der Waals surface area contributed by atoms with Crippen LogP contribution in [-0.2, 0) is 4.79 Å². The second-order valence-corrected chi connectivity index (χ2v) is 7.92. The molecule has 0 aliphatic rings. The lowest BCUT2D eigenvalue weighted by Gasteiger charge is -2.20. The average Bonchev–Trinajstić information content (AvgIpc) is 2.82. The van der Waals surface area contributed by atoms with Crippen LogP contribution in [0.4, 0.5) is 5.69 Å². The van der Waals surface area contributed by atoms with E-state index in [0.717, 1.165) is 15.7 Å². The van der Waals surface area contributed by atoms with Gasteiger partial charge < -0.3 is 10.1 Å². The van der Waals surface area contributed by atoms with Crippen LogP contribution in [0, 0.1) is 13.8 Å². The number of fused-ring (bicyclic) bond motifs is 1. The molecular weight excluding hydrogens is 418 g/mol. The highest BCUT2D eigenvalue weighted by molar-refractivity contribution is 5.94. The van der Waals surface area contributed by atoms with E-state index in [9.17, 15) is 14.4 Å². The second-order valence-electron chi connectivity index (χ2n) is 7.92. The number of benzene rings is 3. The number of nitrogens with zero attached hydrogens (tertiary/aromatic N) is 2. The Hall–Kier alpha value is -4.13. The van der Waals surface area contributed by atoms with E-state index in [-0.39, 0.29) is 5.91 Å². The van der Waals surface area contributed by atoms with Crippen molar-refractivity contribution in [1.82, 2.24) is 9.13 Å². The lowest BCUT2D eigenvalue weighted by atomic mass is 10.1. The summed E-state index contributed by atoms with van der Waals surface area (Å²) in [6.07, 6.45) is 0. The van der Waals surface area contributed by atoms with E-state index in [1.54, 1.807) is 68.6 Å². The number of hydrogen-bond donors (Lipinski definition) is 1. The molecule has 0 spiro atoms. The zero-order chi connectivity index (χ0) is 23.7. The summed E-state index contributed by atoms with van der Waals surface area (Å²) in [6.45, 7) is 5.44. The normalized spacial score (nSPS) is 11.9. The molecule has 4 aromatic rings. The fraction of sp³-hybridized carbons (Fsp3) is 0.192. The first-order valence-electron chi connectivity index (χ1n) is 10.6. The number of carbonyl (C=O) groups excluding carboxylic acids is 1. The zero-order valence-corrected chi connectivity index (χ0v) is 19.0. The first kappa shape index (κ1) is 22.1. The number of aryl methyl sites for hydroxylation is 1. The quantitative estimate of drug-likeness (QED) is 0.506. The van der Waals surface area contributed by atoms with Crippen molar-refractivity contribution in [2.45, 2.75) is 26.8 Å². The predicted molar refractivity (Wildman–Crippen MR) is 130 cm³/mol. The molecule has 33 heavy (non-hydrogen) atoms. The molecule has 0 aliphatic carbocycles. The Balaban J connectivity index is 1.88. The van der Waals surface area contributed by atoms with Gasteiger partial charge in [-0.1, -0.05) is 24.3 Å². The summed E-state index contributed by atoms with van der Waals surface area (Å²) in [5.74, 6) is 0.294. The van der Waals surface area contributed by atoms with Crippen molar-refractivity contribution in [1.29, 1.82) is 0 Å². The Morgan fingerprint density at radius 3 is 2.33 bits per heavy atom. The van der Waals surface area contributed by atoms with Crippen LogP contribution in [0.5, 0.6) is 5.75 Å². The lowest BCUT2D eigenvalue weighted by molar-refractivity contribution is -0.118. The minimum absolute atomic E-state index is 0.363. The molecule has 1 aromatic heterocycles. The number of hydrogen-bond acceptors (Lipinski definition) is 4. The number of anilines is 1. The Labute approximate surface area is 190 Å². The number of nitrogens with one attached hydrogen (secondary N) is 1. The second kappa shape index (κ2) is 8.78. The molecule has 1 amide bonds. The molecular formula is C26H25N3O4. The largest absolute Gasteiger partial charge is 0.497 e. The van der Waals surface area contributed by atoms with Gasteiger partial charge in [-0.2, -0.15) is 0 Å². The summed E-state index contributed by atoms with van der Waals surface area (Å²) in [7, 11) is 1.57. The van der Waals surface area contributed by atoms with E-state index in [1.165, 1.54) is 4.57 Å². The SMILES string of the molecule is COc1ccc(NC(=O)C(C)n2c(=O)n(-c3cccc(C)c3C)c(=O)c3ccccc32)cc1. The van der Waals surface area contributed by atoms with Crippen molar-refractivity contribution in [2.24, 2.45) is 0 Å². The van der Waals surface area contributed by atoms with Crippen LogP contribution in [0.2, 0.25) is 0 Å². The Bertz CT molecular complexity index is 1470. The van der Waals surface area contributed by atoms with Crippen LogP contribution in [0.25, 0.3) is 16.6 Å². The molecule has 1 heterocycles. The molecule has 168 valence electrons. The van der Waals surface area contributed by atoms with Gasteiger partial charge in [-0.3, -0.25) is 14.2 Å². The van der Waals surface area contributed by atoms with Crippen LogP contribution >= 0.6 is 0 Å². The monoisotopic (exact) mass is 443 g/mol. The highest BCUT2D eigenvalue weighted by atomic mass is 16.5. The van der Waals surface area contributed by atoms with Crippen molar-refractivity contribution in [3.63, 3.8) is 0 Å². The lowest BCUT2D eigenvalue weighted by Crippen LogP contribution is -2.42. The van der Waals surface area contributed by atoms with Gasteiger partial charge in [0.05, 0.1) is 23.7 Å². The van der Waals surface area contributed by atoms with E-state index >= 15 is 0 Å². The van der Waals surface area contributed by atoms with Gasteiger partial charge in [0.25, 0.3) is 5.56 Å². The molecule has 0 radical (unpaired) electrons.